The van der Waals surface area contributed by atoms with Crippen LogP contribution in [0.4, 0.5) is 0 Å². The highest BCUT2D eigenvalue weighted by atomic mass is 14.3. The second-order valence-corrected chi connectivity index (χ2v) is 6.76. The molecular weight excluding hydrogens is 216 g/mol. The molecule has 1 aliphatic rings. The zero-order valence-corrected chi connectivity index (χ0v) is 13.0. The quantitative estimate of drug-likeness (QED) is 0.329. The predicted octanol–water partition coefficient (Wildman–Crippen LogP) is 6.37. The van der Waals surface area contributed by atoms with Crippen molar-refractivity contribution in [1.82, 2.24) is 0 Å². The van der Waals surface area contributed by atoms with Crippen LogP contribution in [0, 0.1) is 17.8 Å². The van der Waals surface area contributed by atoms with Crippen molar-refractivity contribution in [3.05, 3.63) is 12.2 Å². The van der Waals surface area contributed by atoms with Crippen molar-refractivity contribution in [3.63, 3.8) is 0 Å². The van der Waals surface area contributed by atoms with E-state index in [1.54, 1.807) is 0 Å². The molecule has 0 aromatic heterocycles. The molecule has 0 radical (unpaired) electrons. The average Bonchev–Trinajstić information content (AvgIpc) is 2.85. The summed E-state index contributed by atoms with van der Waals surface area (Å²) in [7, 11) is 0. The van der Waals surface area contributed by atoms with E-state index in [-0.39, 0.29) is 0 Å². The summed E-state index contributed by atoms with van der Waals surface area (Å²) in [4.78, 5) is 0. The van der Waals surface area contributed by atoms with Crippen LogP contribution in [0.3, 0.4) is 0 Å². The Morgan fingerprint density at radius 3 is 2.33 bits per heavy atom. The van der Waals surface area contributed by atoms with Crippen molar-refractivity contribution in [2.75, 3.05) is 0 Å². The molecule has 0 N–H and O–H groups in total. The van der Waals surface area contributed by atoms with E-state index >= 15 is 0 Å². The van der Waals surface area contributed by atoms with Gasteiger partial charge < -0.3 is 0 Å². The second kappa shape index (κ2) is 9.64. The summed E-state index contributed by atoms with van der Waals surface area (Å²) in [6.07, 6.45) is 19.1. The Bertz CT molecular complexity index is 208. The van der Waals surface area contributed by atoms with Crippen molar-refractivity contribution >= 4 is 0 Å². The van der Waals surface area contributed by atoms with Gasteiger partial charge >= 0.3 is 0 Å². The van der Waals surface area contributed by atoms with Gasteiger partial charge in [-0.2, -0.15) is 0 Å². The van der Waals surface area contributed by atoms with Gasteiger partial charge in [0.05, 0.1) is 0 Å². The molecule has 0 aromatic rings. The molecule has 1 atom stereocenters. The first-order valence-electron chi connectivity index (χ1n) is 8.35. The van der Waals surface area contributed by atoms with Crippen molar-refractivity contribution < 1.29 is 0 Å². The van der Waals surface area contributed by atoms with E-state index in [4.69, 9.17) is 0 Å². The summed E-state index contributed by atoms with van der Waals surface area (Å²) in [6.45, 7) is 7.06. The van der Waals surface area contributed by atoms with Crippen LogP contribution in [0.5, 0.6) is 0 Å². The van der Waals surface area contributed by atoms with Gasteiger partial charge in [-0.05, 0) is 37.0 Å². The third-order valence-electron chi connectivity index (χ3n) is 4.51. The Balaban J connectivity index is 1.90. The van der Waals surface area contributed by atoms with Gasteiger partial charge in [-0.15, -0.1) is 0 Å². The first-order valence-corrected chi connectivity index (χ1v) is 8.35. The van der Waals surface area contributed by atoms with Crippen LogP contribution in [-0.4, -0.2) is 0 Å². The van der Waals surface area contributed by atoms with E-state index in [1.807, 2.05) is 0 Å². The number of hydrogen-bond acceptors (Lipinski definition) is 0. The zero-order valence-electron chi connectivity index (χ0n) is 13.0. The SMILES string of the molecule is CC(C)C/C=C/CCCCCC(C)C1CCCC1. The largest absolute Gasteiger partial charge is 0.0885 e. The van der Waals surface area contributed by atoms with Crippen LogP contribution in [0.15, 0.2) is 12.2 Å². The molecule has 1 unspecified atom stereocenters. The highest BCUT2D eigenvalue weighted by Gasteiger charge is 2.20. The molecule has 0 aliphatic heterocycles. The fourth-order valence-corrected chi connectivity index (χ4v) is 3.15. The number of hydrogen-bond donors (Lipinski definition) is 0. The molecule has 0 aromatic carbocycles. The molecule has 0 bridgehead atoms. The Kier molecular flexibility index (Phi) is 8.46. The fraction of sp³-hybridized carbons (Fsp3) is 0.889. The van der Waals surface area contributed by atoms with Gasteiger partial charge in [0.25, 0.3) is 0 Å². The molecule has 1 fully saturated rings. The lowest BCUT2D eigenvalue weighted by molar-refractivity contribution is 0.334. The molecule has 0 heteroatoms. The fourth-order valence-electron chi connectivity index (χ4n) is 3.15. The summed E-state index contributed by atoms with van der Waals surface area (Å²) in [5.41, 5.74) is 0. The van der Waals surface area contributed by atoms with Gasteiger partial charge in [-0.1, -0.05) is 77.9 Å². The van der Waals surface area contributed by atoms with Gasteiger partial charge in [0.1, 0.15) is 0 Å². The molecule has 1 saturated carbocycles. The first-order chi connectivity index (χ1) is 8.70. The van der Waals surface area contributed by atoms with Gasteiger partial charge in [-0.25, -0.2) is 0 Å². The lowest BCUT2D eigenvalue weighted by Crippen LogP contribution is -2.07. The minimum absolute atomic E-state index is 0.813. The molecule has 1 aliphatic carbocycles. The molecule has 18 heavy (non-hydrogen) atoms. The Labute approximate surface area is 115 Å². The highest BCUT2D eigenvalue weighted by Crippen LogP contribution is 2.33. The van der Waals surface area contributed by atoms with Crippen LogP contribution in [0.25, 0.3) is 0 Å². The number of rotatable bonds is 9. The number of allylic oxidation sites excluding steroid dienone is 2. The summed E-state index contributed by atoms with van der Waals surface area (Å²) in [6, 6.07) is 0. The van der Waals surface area contributed by atoms with E-state index < -0.39 is 0 Å². The maximum atomic E-state index is 2.48. The molecule has 0 amide bonds. The lowest BCUT2D eigenvalue weighted by atomic mass is 9.88. The zero-order chi connectivity index (χ0) is 13.2. The van der Waals surface area contributed by atoms with E-state index in [0.717, 1.165) is 17.8 Å². The lowest BCUT2D eigenvalue weighted by Gasteiger charge is -2.18. The van der Waals surface area contributed by atoms with Crippen molar-refractivity contribution in [1.29, 1.82) is 0 Å². The number of unbranched alkanes of at least 4 members (excludes halogenated alkanes) is 3. The Morgan fingerprint density at radius 2 is 1.67 bits per heavy atom. The molecule has 0 saturated heterocycles. The Morgan fingerprint density at radius 1 is 0.944 bits per heavy atom. The summed E-state index contributed by atoms with van der Waals surface area (Å²) >= 11 is 0. The third kappa shape index (κ3) is 7.24. The minimum Gasteiger partial charge on any atom is -0.0885 e. The van der Waals surface area contributed by atoms with Gasteiger partial charge in [0, 0.05) is 0 Å². The third-order valence-corrected chi connectivity index (χ3v) is 4.51. The summed E-state index contributed by atoms with van der Waals surface area (Å²) < 4.78 is 0. The van der Waals surface area contributed by atoms with Gasteiger partial charge in [0.2, 0.25) is 0 Å². The van der Waals surface area contributed by atoms with Gasteiger partial charge in [-0.3, -0.25) is 0 Å². The monoisotopic (exact) mass is 250 g/mol. The van der Waals surface area contributed by atoms with Crippen LogP contribution < -0.4 is 0 Å². The first kappa shape index (κ1) is 15.8. The maximum Gasteiger partial charge on any atom is -0.0327 e. The molecule has 0 nitrogen and oxygen atoms in total. The van der Waals surface area contributed by atoms with Crippen LogP contribution in [0.1, 0.15) is 85.0 Å². The normalized spacial score (nSPS) is 19.1. The molecule has 0 spiro atoms. The van der Waals surface area contributed by atoms with Crippen molar-refractivity contribution in [2.24, 2.45) is 17.8 Å². The summed E-state index contributed by atoms with van der Waals surface area (Å²) in [5, 5.41) is 0. The van der Waals surface area contributed by atoms with Crippen molar-refractivity contribution in [2.45, 2.75) is 85.0 Å². The Hall–Kier alpha value is -0.260. The second-order valence-electron chi connectivity index (χ2n) is 6.76. The predicted molar refractivity (Wildman–Crippen MR) is 82.8 cm³/mol. The standard InChI is InChI=1S/C18H34/c1-16(2)12-8-6-4-5-7-9-13-17(3)18-14-10-11-15-18/h6,8,16-18H,4-5,7,9-15H2,1-3H3/b8-6+. The van der Waals surface area contributed by atoms with E-state index in [9.17, 15) is 0 Å². The highest BCUT2D eigenvalue weighted by molar-refractivity contribution is 4.82. The topological polar surface area (TPSA) is 0 Å². The van der Waals surface area contributed by atoms with E-state index in [1.165, 1.54) is 64.2 Å². The van der Waals surface area contributed by atoms with Crippen LogP contribution in [0.2, 0.25) is 0 Å². The van der Waals surface area contributed by atoms with Crippen LogP contribution >= 0.6 is 0 Å². The van der Waals surface area contributed by atoms with Gasteiger partial charge in [0.15, 0.2) is 0 Å². The van der Waals surface area contributed by atoms with E-state index in [2.05, 4.69) is 32.9 Å². The molecular formula is C18H34. The van der Waals surface area contributed by atoms with E-state index in [0.29, 0.717) is 0 Å². The summed E-state index contributed by atoms with van der Waals surface area (Å²) in [5.74, 6) is 2.87. The molecule has 0 heterocycles. The smallest absolute Gasteiger partial charge is 0.0327 e. The minimum atomic E-state index is 0.813. The molecule has 1 rings (SSSR count). The van der Waals surface area contributed by atoms with Crippen molar-refractivity contribution in [3.8, 4) is 0 Å². The maximum absolute atomic E-state index is 2.48. The van der Waals surface area contributed by atoms with Crippen LogP contribution in [-0.2, 0) is 0 Å². The average molecular weight is 250 g/mol. The molecule has 106 valence electrons.